The van der Waals surface area contributed by atoms with Crippen molar-refractivity contribution in [1.82, 2.24) is 24.7 Å². The average molecular weight is 496 g/mol. The summed E-state index contributed by atoms with van der Waals surface area (Å²) in [6.07, 6.45) is 3.03. The Morgan fingerprint density at radius 3 is 2.69 bits per heavy atom. The Balaban J connectivity index is 1.69. The minimum absolute atomic E-state index is 0.0135. The molecule has 0 aliphatic carbocycles. The minimum atomic E-state index is -0.681. The number of fused-ring (bicyclic) bond motifs is 1. The summed E-state index contributed by atoms with van der Waals surface area (Å²) in [6.45, 7) is 5.22. The van der Waals surface area contributed by atoms with E-state index < -0.39 is 17.5 Å². The van der Waals surface area contributed by atoms with Gasteiger partial charge in [-0.25, -0.2) is 28.8 Å². The molecule has 178 valence electrons. The third kappa shape index (κ3) is 5.20. The fourth-order valence-corrected chi connectivity index (χ4v) is 3.47. The lowest BCUT2D eigenvalue weighted by molar-refractivity contribution is 0.0635. The second-order valence-electron chi connectivity index (χ2n) is 8.34. The number of anilines is 4. The first kappa shape index (κ1) is 23.7. The van der Waals surface area contributed by atoms with Crippen LogP contribution in [-0.4, -0.2) is 36.4 Å². The van der Waals surface area contributed by atoms with Crippen molar-refractivity contribution < 1.29 is 13.9 Å². The van der Waals surface area contributed by atoms with Gasteiger partial charge in [0.1, 0.15) is 46.7 Å². The first-order chi connectivity index (χ1) is 16.5. The summed E-state index contributed by atoms with van der Waals surface area (Å²) in [5.41, 5.74) is 5.80. The van der Waals surface area contributed by atoms with Gasteiger partial charge in [0.05, 0.1) is 22.2 Å². The second-order valence-corrected chi connectivity index (χ2v) is 8.75. The lowest BCUT2D eigenvalue weighted by Crippen LogP contribution is -2.27. The molecule has 4 rings (SSSR count). The quantitative estimate of drug-likeness (QED) is 0.345. The van der Waals surface area contributed by atoms with E-state index >= 15 is 0 Å². The van der Waals surface area contributed by atoms with Crippen LogP contribution in [0, 0.1) is 17.1 Å². The molecule has 0 radical (unpaired) electrons. The molecule has 1 amide bonds. The van der Waals surface area contributed by atoms with E-state index in [1.807, 2.05) is 6.07 Å². The molecule has 0 atom stereocenters. The first-order valence-corrected chi connectivity index (χ1v) is 10.5. The number of pyridine rings is 1. The molecule has 35 heavy (non-hydrogen) atoms. The van der Waals surface area contributed by atoms with Gasteiger partial charge in [-0.05, 0) is 32.9 Å². The predicted molar refractivity (Wildman–Crippen MR) is 128 cm³/mol. The fraction of sp³-hybridized carbons (Fsp3) is 0.182. The summed E-state index contributed by atoms with van der Waals surface area (Å²) < 4.78 is 21.1. The highest BCUT2D eigenvalue weighted by Crippen LogP contribution is 2.31. The standard InChI is InChI=1S/C22H19ClFN9O2/c1-22(2,3)35-21(34)31-17-6-16(28-10-29-17)30-20-13-9-33(32-18(13)15(24)8-27-20)19-11(7-25)4-12(26)5-14(19)23/h4-6,8-10H,26H2,1-3H3,(H2,27,28,29,30,31,34). The molecule has 0 bridgehead atoms. The van der Waals surface area contributed by atoms with Crippen molar-refractivity contribution in [3.63, 3.8) is 0 Å². The zero-order valence-electron chi connectivity index (χ0n) is 18.8. The number of carbonyl (C=O) groups excluding carboxylic acids is 1. The van der Waals surface area contributed by atoms with Crippen molar-refractivity contribution in [3.8, 4) is 11.8 Å². The van der Waals surface area contributed by atoms with Crippen molar-refractivity contribution >= 4 is 51.7 Å². The van der Waals surface area contributed by atoms with Crippen molar-refractivity contribution in [2.75, 3.05) is 16.4 Å². The van der Waals surface area contributed by atoms with Crippen molar-refractivity contribution in [2.45, 2.75) is 26.4 Å². The average Bonchev–Trinajstić information content (AvgIpc) is 3.20. The van der Waals surface area contributed by atoms with Gasteiger partial charge in [0, 0.05) is 18.0 Å². The number of aromatic nitrogens is 5. The topological polar surface area (TPSA) is 157 Å². The summed E-state index contributed by atoms with van der Waals surface area (Å²) in [5, 5.41) is 19.7. The molecule has 0 aliphatic rings. The van der Waals surface area contributed by atoms with E-state index in [1.54, 1.807) is 20.8 Å². The number of rotatable bonds is 4. The van der Waals surface area contributed by atoms with E-state index in [0.29, 0.717) is 11.1 Å². The smallest absolute Gasteiger partial charge is 0.413 e. The second kappa shape index (κ2) is 9.03. The van der Waals surface area contributed by atoms with Gasteiger partial charge in [0.25, 0.3) is 0 Å². The normalized spacial score (nSPS) is 11.2. The maximum Gasteiger partial charge on any atom is 0.413 e. The van der Waals surface area contributed by atoms with Crippen LogP contribution in [-0.2, 0) is 4.74 Å². The Labute approximate surface area is 203 Å². The Bertz CT molecular complexity index is 1490. The van der Waals surface area contributed by atoms with E-state index in [2.05, 4.69) is 30.7 Å². The van der Waals surface area contributed by atoms with Crippen molar-refractivity contribution in [3.05, 3.63) is 53.3 Å². The van der Waals surface area contributed by atoms with Gasteiger partial charge < -0.3 is 15.8 Å². The maximum atomic E-state index is 14.6. The van der Waals surface area contributed by atoms with Gasteiger partial charge in [0.15, 0.2) is 5.82 Å². The third-order valence-corrected chi connectivity index (χ3v) is 4.77. The summed E-state index contributed by atoms with van der Waals surface area (Å²) in [6, 6.07) is 6.38. The number of benzene rings is 1. The number of nitrogens with zero attached hydrogens (tertiary/aromatic N) is 6. The Kier molecular flexibility index (Phi) is 6.10. The highest BCUT2D eigenvalue weighted by Gasteiger charge is 2.19. The number of nitrogen functional groups attached to an aromatic ring is 1. The van der Waals surface area contributed by atoms with Crippen molar-refractivity contribution in [2.24, 2.45) is 0 Å². The molecular formula is C22H19ClFN9O2. The maximum absolute atomic E-state index is 14.6. The number of nitrogens with two attached hydrogens (primary N) is 1. The Morgan fingerprint density at radius 1 is 1.23 bits per heavy atom. The van der Waals surface area contributed by atoms with Gasteiger partial charge >= 0.3 is 6.09 Å². The number of hydrogen-bond acceptors (Lipinski definition) is 9. The van der Waals surface area contributed by atoms with Crippen LogP contribution in [0.2, 0.25) is 5.02 Å². The molecule has 3 heterocycles. The van der Waals surface area contributed by atoms with E-state index in [1.165, 1.54) is 35.4 Å². The lowest BCUT2D eigenvalue weighted by atomic mass is 10.1. The van der Waals surface area contributed by atoms with Gasteiger partial charge in [-0.3, -0.25) is 5.32 Å². The number of halogens is 2. The Morgan fingerprint density at radius 2 is 1.97 bits per heavy atom. The molecule has 0 aliphatic heterocycles. The number of nitrogens with one attached hydrogen (secondary N) is 2. The summed E-state index contributed by atoms with van der Waals surface area (Å²) in [7, 11) is 0. The lowest BCUT2D eigenvalue weighted by Gasteiger charge is -2.19. The monoisotopic (exact) mass is 495 g/mol. The number of nitriles is 1. The van der Waals surface area contributed by atoms with E-state index in [0.717, 1.165) is 6.20 Å². The molecule has 13 heteroatoms. The SMILES string of the molecule is CC(C)(C)OC(=O)Nc1cc(Nc2ncc(F)c3nn(-c4c(Cl)cc(N)cc4C#N)cc23)ncn1. The van der Waals surface area contributed by atoms with Crippen LogP contribution < -0.4 is 16.4 Å². The van der Waals surface area contributed by atoms with Crippen LogP contribution in [0.25, 0.3) is 16.6 Å². The van der Waals surface area contributed by atoms with Gasteiger partial charge in [-0.15, -0.1) is 0 Å². The number of carbonyl (C=O) groups is 1. The summed E-state index contributed by atoms with van der Waals surface area (Å²) in [5.74, 6) is -0.00967. The molecular weight excluding hydrogens is 477 g/mol. The van der Waals surface area contributed by atoms with Crippen LogP contribution in [0.5, 0.6) is 0 Å². The van der Waals surface area contributed by atoms with E-state index in [4.69, 9.17) is 22.1 Å². The molecule has 0 fully saturated rings. The number of ether oxygens (including phenoxy) is 1. The number of hydrogen-bond donors (Lipinski definition) is 3. The zero-order chi connectivity index (χ0) is 25.3. The largest absolute Gasteiger partial charge is 0.444 e. The molecule has 4 aromatic rings. The zero-order valence-corrected chi connectivity index (χ0v) is 19.6. The summed E-state index contributed by atoms with van der Waals surface area (Å²) >= 11 is 6.31. The highest BCUT2D eigenvalue weighted by molar-refractivity contribution is 6.33. The van der Waals surface area contributed by atoms with Gasteiger partial charge in [0.2, 0.25) is 0 Å². The fourth-order valence-electron chi connectivity index (χ4n) is 3.15. The molecule has 0 unspecified atom stereocenters. The molecule has 11 nitrogen and oxygen atoms in total. The van der Waals surface area contributed by atoms with Gasteiger partial charge in [-0.1, -0.05) is 11.6 Å². The van der Waals surface area contributed by atoms with Gasteiger partial charge in [-0.2, -0.15) is 10.4 Å². The van der Waals surface area contributed by atoms with Crippen LogP contribution in [0.1, 0.15) is 26.3 Å². The van der Waals surface area contributed by atoms with Crippen LogP contribution in [0.15, 0.2) is 36.9 Å². The highest BCUT2D eigenvalue weighted by atomic mass is 35.5. The Hall–Kier alpha value is -4.50. The molecule has 0 saturated heterocycles. The molecule has 0 saturated carbocycles. The van der Waals surface area contributed by atoms with Crippen molar-refractivity contribution in [1.29, 1.82) is 5.26 Å². The van der Waals surface area contributed by atoms with Crippen LogP contribution in [0.4, 0.5) is 32.3 Å². The molecule has 0 spiro atoms. The van der Waals surface area contributed by atoms with E-state index in [-0.39, 0.29) is 39.2 Å². The summed E-state index contributed by atoms with van der Waals surface area (Å²) in [4.78, 5) is 24.2. The van der Waals surface area contributed by atoms with E-state index in [9.17, 15) is 14.4 Å². The predicted octanol–water partition coefficient (Wildman–Crippen LogP) is 4.55. The third-order valence-electron chi connectivity index (χ3n) is 4.48. The molecule has 3 aromatic heterocycles. The van der Waals surface area contributed by atoms with Crippen LogP contribution >= 0.6 is 11.6 Å². The first-order valence-electron chi connectivity index (χ1n) is 10.2. The molecule has 4 N–H and O–H groups in total. The van der Waals surface area contributed by atoms with Crippen LogP contribution in [0.3, 0.4) is 0 Å². The number of amides is 1. The minimum Gasteiger partial charge on any atom is -0.444 e. The molecule has 1 aromatic carbocycles.